The largest absolute Gasteiger partial charge is 0.369 e. The van der Waals surface area contributed by atoms with Crippen LogP contribution in [0.1, 0.15) is 29.8 Å². The highest BCUT2D eigenvalue weighted by Gasteiger charge is 2.36. The number of benzene rings is 2. The summed E-state index contributed by atoms with van der Waals surface area (Å²) in [6.45, 7) is 5.88. The summed E-state index contributed by atoms with van der Waals surface area (Å²) >= 11 is 5.98. The highest BCUT2D eigenvalue weighted by Crippen LogP contribution is 2.25. The smallest absolute Gasteiger partial charge is 0.263 e. The standard InChI is InChI=1S/C25H30ClN5O3S/c1-19(2)31(17-20-7-5-4-6-8-20)25(32)23-18-28(3)27-24(23)35(33,34)30-15-13-29(14-16-30)22-11-9-21(26)10-12-22/h4-12,18-19H,13-17H2,1-3H3. The number of hydrogen-bond acceptors (Lipinski definition) is 5. The van der Waals surface area contributed by atoms with E-state index in [1.165, 1.54) is 15.2 Å². The Balaban J connectivity index is 1.55. The van der Waals surface area contributed by atoms with E-state index in [1.807, 2.05) is 68.4 Å². The Bertz CT molecular complexity index is 1270. The first-order chi connectivity index (χ1) is 16.7. The molecule has 0 unspecified atom stereocenters. The minimum atomic E-state index is -3.96. The van der Waals surface area contributed by atoms with Crippen LogP contribution in [-0.4, -0.2) is 65.5 Å². The van der Waals surface area contributed by atoms with Crippen LogP contribution < -0.4 is 4.90 Å². The fraction of sp³-hybridized carbons (Fsp3) is 0.360. The molecule has 2 aromatic carbocycles. The molecule has 10 heteroatoms. The van der Waals surface area contributed by atoms with Gasteiger partial charge >= 0.3 is 0 Å². The third-order valence-corrected chi connectivity index (χ3v) is 8.21. The average Bonchev–Trinajstić information content (AvgIpc) is 3.26. The lowest BCUT2D eigenvalue weighted by atomic mass is 10.1. The van der Waals surface area contributed by atoms with Crippen LogP contribution in [0.4, 0.5) is 5.69 Å². The fourth-order valence-electron chi connectivity index (χ4n) is 4.19. The van der Waals surface area contributed by atoms with Crippen LogP contribution in [-0.2, 0) is 23.6 Å². The van der Waals surface area contributed by atoms with Crippen molar-refractivity contribution in [2.45, 2.75) is 31.5 Å². The molecule has 1 fully saturated rings. The van der Waals surface area contributed by atoms with Gasteiger partial charge < -0.3 is 9.80 Å². The number of carbonyl (C=O) groups excluding carboxylic acids is 1. The number of piperazine rings is 1. The second-order valence-corrected chi connectivity index (χ2v) is 11.2. The van der Waals surface area contributed by atoms with E-state index in [-0.39, 0.29) is 22.5 Å². The van der Waals surface area contributed by atoms with Crippen LogP contribution in [0.5, 0.6) is 0 Å². The van der Waals surface area contributed by atoms with Gasteiger partial charge in [-0.3, -0.25) is 9.48 Å². The van der Waals surface area contributed by atoms with E-state index in [0.29, 0.717) is 37.7 Å². The molecule has 186 valence electrons. The minimum absolute atomic E-state index is 0.0947. The van der Waals surface area contributed by atoms with E-state index < -0.39 is 10.0 Å². The van der Waals surface area contributed by atoms with Gasteiger partial charge in [0.1, 0.15) is 0 Å². The van der Waals surface area contributed by atoms with Crippen LogP contribution in [0.25, 0.3) is 0 Å². The summed E-state index contributed by atoms with van der Waals surface area (Å²) in [5, 5.41) is 4.69. The Morgan fingerprint density at radius 2 is 1.66 bits per heavy atom. The zero-order valence-corrected chi connectivity index (χ0v) is 21.7. The molecule has 1 saturated heterocycles. The Hall–Kier alpha value is -2.88. The van der Waals surface area contributed by atoms with Crippen molar-refractivity contribution in [2.75, 3.05) is 31.1 Å². The van der Waals surface area contributed by atoms with Gasteiger partial charge in [0.25, 0.3) is 15.9 Å². The normalized spacial score (nSPS) is 14.9. The van der Waals surface area contributed by atoms with E-state index in [1.54, 1.807) is 11.9 Å². The number of anilines is 1. The SMILES string of the molecule is CC(C)N(Cc1ccccc1)C(=O)c1cn(C)nc1S(=O)(=O)N1CCN(c2ccc(Cl)cc2)CC1. The quantitative estimate of drug-likeness (QED) is 0.480. The van der Waals surface area contributed by atoms with Crippen molar-refractivity contribution in [3.8, 4) is 0 Å². The predicted molar refractivity (Wildman–Crippen MR) is 137 cm³/mol. The van der Waals surface area contributed by atoms with Crippen LogP contribution in [0.2, 0.25) is 5.02 Å². The van der Waals surface area contributed by atoms with Gasteiger partial charge in [0, 0.05) is 62.7 Å². The van der Waals surface area contributed by atoms with Gasteiger partial charge in [-0.2, -0.15) is 9.40 Å². The molecule has 0 aliphatic carbocycles. The number of sulfonamides is 1. The third-order valence-electron chi connectivity index (χ3n) is 6.12. The number of aryl methyl sites for hydroxylation is 1. The lowest BCUT2D eigenvalue weighted by Gasteiger charge is -2.35. The molecular formula is C25H30ClN5O3S. The summed E-state index contributed by atoms with van der Waals surface area (Å²) in [6.07, 6.45) is 1.50. The molecule has 0 saturated carbocycles. The highest BCUT2D eigenvalue weighted by molar-refractivity contribution is 7.89. The van der Waals surface area contributed by atoms with E-state index in [9.17, 15) is 13.2 Å². The van der Waals surface area contributed by atoms with Gasteiger partial charge in [-0.05, 0) is 43.7 Å². The molecule has 4 rings (SSSR count). The molecule has 0 atom stereocenters. The van der Waals surface area contributed by atoms with Crippen LogP contribution in [0.3, 0.4) is 0 Å². The van der Waals surface area contributed by atoms with Crippen LogP contribution >= 0.6 is 11.6 Å². The number of halogens is 1. The number of hydrogen-bond donors (Lipinski definition) is 0. The Morgan fingerprint density at radius 1 is 1.03 bits per heavy atom. The summed E-state index contributed by atoms with van der Waals surface area (Å²) in [5.41, 5.74) is 2.06. The van der Waals surface area contributed by atoms with Crippen molar-refractivity contribution in [3.05, 3.63) is 76.9 Å². The maximum Gasteiger partial charge on any atom is 0.263 e. The van der Waals surface area contributed by atoms with Crippen molar-refractivity contribution in [2.24, 2.45) is 7.05 Å². The van der Waals surface area contributed by atoms with Crippen LogP contribution in [0.15, 0.2) is 65.8 Å². The molecular weight excluding hydrogens is 486 g/mol. The second-order valence-electron chi connectivity index (χ2n) is 8.90. The summed E-state index contributed by atoms with van der Waals surface area (Å²) in [5.74, 6) is -0.352. The second kappa shape index (κ2) is 10.4. The molecule has 1 aromatic heterocycles. The van der Waals surface area contributed by atoms with E-state index >= 15 is 0 Å². The van der Waals surface area contributed by atoms with Crippen molar-refractivity contribution < 1.29 is 13.2 Å². The number of aromatic nitrogens is 2. The first-order valence-corrected chi connectivity index (χ1v) is 13.4. The lowest BCUT2D eigenvalue weighted by molar-refractivity contribution is 0.0686. The van der Waals surface area contributed by atoms with Gasteiger partial charge in [0.05, 0.1) is 5.56 Å². The predicted octanol–water partition coefficient (Wildman–Crippen LogP) is 3.64. The molecule has 8 nitrogen and oxygen atoms in total. The molecule has 1 aliphatic heterocycles. The van der Waals surface area contributed by atoms with Gasteiger partial charge in [-0.15, -0.1) is 0 Å². The molecule has 0 bridgehead atoms. The molecule has 1 amide bonds. The first kappa shape index (κ1) is 25.2. The molecule has 3 aromatic rings. The molecule has 0 spiro atoms. The zero-order valence-electron chi connectivity index (χ0n) is 20.1. The lowest BCUT2D eigenvalue weighted by Crippen LogP contribution is -2.49. The van der Waals surface area contributed by atoms with Crippen molar-refractivity contribution >= 4 is 33.2 Å². The van der Waals surface area contributed by atoms with Gasteiger partial charge in [-0.25, -0.2) is 8.42 Å². The summed E-state index contributed by atoms with van der Waals surface area (Å²) in [7, 11) is -2.33. The molecule has 35 heavy (non-hydrogen) atoms. The summed E-state index contributed by atoms with van der Waals surface area (Å²) in [6, 6.07) is 17.0. The molecule has 0 radical (unpaired) electrons. The molecule has 2 heterocycles. The number of carbonyl (C=O) groups is 1. The Labute approximate surface area is 211 Å². The van der Waals surface area contributed by atoms with E-state index in [2.05, 4.69) is 10.00 Å². The van der Waals surface area contributed by atoms with Crippen molar-refractivity contribution in [1.82, 2.24) is 19.0 Å². The summed E-state index contributed by atoms with van der Waals surface area (Å²) < 4.78 is 30.0. The summed E-state index contributed by atoms with van der Waals surface area (Å²) in [4.78, 5) is 17.4. The number of amides is 1. The van der Waals surface area contributed by atoms with Gasteiger partial charge in [0.2, 0.25) is 5.03 Å². The van der Waals surface area contributed by atoms with Crippen molar-refractivity contribution in [1.29, 1.82) is 0 Å². The monoisotopic (exact) mass is 515 g/mol. The molecule has 1 aliphatic rings. The van der Waals surface area contributed by atoms with Crippen molar-refractivity contribution in [3.63, 3.8) is 0 Å². The average molecular weight is 516 g/mol. The van der Waals surface area contributed by atoms with Crippen LogP contribution in [0, 0.1) is 0 Å². The van der Waals surface area contributed by atoms with Gasteiger partial charge in [-0.1, -0.05) is 41.9 Å². The highest BCUT2D eigenvalue weighted by atomic mass is 35.5. The Kier molecular flexibility index (Phi) is 7.49. The maximum absolute atomic E-state index is 13.6. The topological polar surface area (TPSA) is 78.8 Å². The van der Waals surface area contributed by atoms with E-state index in [4.69, 9.17) is 11.6 Å². The van der Waals surface area contributed by atoms with E-state index in [0.717, 1.165) is 11.3 Å². The fourth-order valence-corrected chi connectivity index (χ4v) is 5.85. The molecule has 0 N–H and O–H groups in total. The first-order valence-electron chi connectivity index (χ1n) is 11.6. The zero-order chi connectivity index (χ0) is 25.2. The number of rotatable bonds is 7. The third kappa shape index (κ3) is 5.52. The minimum Gasteiger partial charge on any atom is -0.369 e. The Morgan fingerprint density at radius 3 is 2.26 bits per heavy atom. The maximum atomic E-state index is 13.6. The van der Waals surface area contributed by atoms with Gasteiger partial charge in [0.15, 0.2) is 0 Å². The number of nitrogens with zero attached hydrogens (tertiary/aromatic N) is 5.